The van der Waals surface area contributed by atoms with Crippen molar-refractivity contribution in [2.75, 3.05) is 23.7 Å². The Morgan fingerprint density at radius 2 is 1.86 bits per heavy atom. The van der Waals surface area contributed by atoms with Gasteiger partial charge < -0.3 is 10.6 Å². The lowest BCUT2D eigenvalue weighted by molar-refractivity contribution is 0.394. The van der Waals surface area contributed by atoms with Gasteiger partial charge in [-0.2, -0.15) is 0 Å². The van der Waals surface area contributed by atoms with Gasteiger partial charge in [0.25, 0.3) is 0 Å². The molecule has 2 heterocycles. The number of piperidine rings is 1. The fourth-order valence-electron chi connectivity index (χ4n) is 2.90. The summed E-state index contributed by atoms with van der Waals surface area (Å²) >= 11 is 0. The number of rotatable bonds is 3. The van der Waals surface area contributed by atoms with E-state index in [1.165, 1.54) is 19.3 Å². The van der Waals surface area contributed by atoms with Crippen molar-refractivity contribution in [2.45, 2.75) is 26.2 Å². The second-order valence-corrected chi connectivity index (χ2v) is 5.68. The van der Waals surface area contributed by atoms with E-state index in [0.29, 0.717) is 11.6 Å². The minimum absolute atomic E-state index is 0.538. The van der Waals surface area contributed by atoms with Crippen LogP contribution in [0.4, 0.5) is 11.6 Å². The van der Waals surface area contributed by atoms with Crippen LogP contribution in [0.3, 0.4) is 0 Å². The monoisotopic (exact) mass is 282 g/mol. The Bertz CT molecular complexity index is 589. The molecule has 2 aromatic rings. The maximum absolute atomic E-state index is 5.98. The molecule has 4 nitrogen and oxygen atoms in total. The third kappa shape index (κ3) is 3.15. The molecule has 0 saturated carbocycles. The molecule has 0 aliphatic carbocycles. The van der Waals surface area contributed by atoms with Gasteiger partial charge in [-0.3, -0.25) is 0 Å². The van der Waals surface area contributed by atoms with E-state index in [4.69, 9.17) is 10.7 Å². The van der Waals surface area contributed by atoms with E-state index in [-0.39, 0.29) is 0 Å². The maximum Gasteiger partial charge on any atom is 0.163 e. The standard InChI is InChI=1S/C17H22N4/c1-2-13-8-10-21(11-9-13)16-12-15(18)19-17(20-16)14-6-4-3-5-7-14/h3-7,12-13H,2,8-11H2,1H3,(H2,18,19,20). The van der Waals surface area contributed by atoms with E-state index in [2.05, 4.69) is 16.8 Å². The van der Waals surface area contributed by atoms with E-state index in [0.717, 1.165) is 30.4 Å². The molecule has 4 heteroatoms. The summed E-state index contributed by atoms with van der Waals surface area (Å²) in [6, 6.07) is 11.9. The third-order valence-electron chi connectivity index (χ3n) is 4.28. The zero-order valence-electron chi connectivity index (χ0n) is 12.5. The average molecular weight is 282 g/mol. The molecule has 0 radical (unpaired) electrons. The van der Waals surface area contributed by atoms with Gasteiger partial charge in [-0.15, -0.1) is 0 Å². The molecule has 0 bridgehead atoms. The molecule has 3 rings (SSSR count). The zero-order valence-corrected chi connectivity index (χ0v) is 12.5. The molecule has 110 valence electrons. The maximum atomic E-state index is 5.98. The Morgan fingerprint density at radius 3 is 2.52 bits per heavy atom. The van der Waals surface area contributed by atoms with Crippen LogP contribution in [0, 0.1) is 5.92 Å². The second kappa shape index (κ2) is 6.12. The zero-order chi connectivity index (χ0) is 14.7. The van der Waals surface area contributed by atoms with Gasteiger partial charge in [0.05, 0.1) is 0 Å². The van der Waals surface area contributed by atoms with E-state index in [9.17, 15) is 0 Å². The molecule has 0 spiro atoms. The largest absolute Gasteiger partial charge is 0.384 e. The summed E-state index contributed by atoms with van der Waals surface area (Å²) in [5, 5.41) is 0. The van der Waals surface area contributed by atoms with Crippen LogP contribution in [0.5, 0.6) is 0 Å². The van der Waals surface area contributed by atoms with Gasteiger partial charge in [0.1, 0.15) is 11.6 Å². The van der Waals surface area contributed by atoms with Crippen LogP contribution in [0.25, 0.3) is 11.4 Å². The van der Waals surface area contributed by atoms with Gasteiger partial charge in [-0.05, 0) is 18.8 Å². The van der Waals surface area contributed by atoms with Crippen LogP contribution in [0.15, 0.2) is 36.4 Å². The van der Waals surface area contributed by atoms with Crippen LogP contribution < -0.4 is 10.6 Å². The lowest BCUT2D eigenvalue weighted by atomic mass is 9.94. The smallest absolute Gasteiger partial charge is 0.163 e. The molecule has 2 N–H and O–H groups in total. The van der Waals surface area contributed by atoms with Crippen molar-refractivity contribution < 1.29 is 0 Å². The first-order valence-corrected chi connectivity index (χ1v) is 7.71. The summed E-state index contributed by atoms with van der Waals surface area (Å²) in [7, 11) is 0. The van der Waals surface area contributed by atoms with Crippen molar-refractivity contribution in [3.05, 3.63) is 36.4 Å². The molecular weight excluding hydrogens is 260 g/mol. The van der Waals surface area contributed by atoms with Gasteiger partial charge in [-0.1, -0.05) is 43.7 Å². The van der Waals surface area contributed by atoms with E-state index in [1.54, 1.807) is 0 Å². The van der Waals surface area contributed by atoms with Crippen molar-refractivity contribution >= 4 is 11.6 Å². The highest BCUT2D eigenvalue weighted by Gasteiger charge is 2.19. The van der Waals surface area contributed by atoms with Gasteiger partial charge in [0, 0.05) is 24.7 Å². The number of nitrogens with zero attached hydrogens (tertiary/aromatic N) is 3. The van der Waals surface area contributed by atoms with Crippen molar-refractivity contribution in [1.29, 1.82) is 0 Å². The van der Waals surface area contributed by atoms with Gasteiger partial charge in [0.15, 0.2) is 5.82 Å². The first-order chi connectivity index (χ1) is 10.3. The number of nitrogen functional groups attached to an aromatic ring is 1. The van der Waals surface area contributed by atoms with Crippen molar-refractivity contribution in [2.24, 2.45) is 5.92 Å². The molecule has 1 fully saturated rings. The number of aromatic nitrogens is 2. The molecule has 0 amide bonds. The summed E-state index contributed by atoms with van der Waals surface area (Å²) in [6.07, 6.45) is 3.75. The average Bonchev–Trinajstić information content (AvgIpc) is 2.55. The van der Waals surface area contributed by atoms with E-state index >= 15 is 0 Å². The number of anilines is 2. The van der Waals surface area contributed by atoms with Crippen LogP contribution >= 0.6 is 0 Å². The molecule has 0 unspecified atom stereocenters. The van der Waals surface area contributed by atoms with E-state index in [1.807, 2.05) is 36.4 Å². The van der Waals surface area contributed by atoms with Gasteiger partial charge in [0.2, 0.25) is 0 Å². The molecule has 1 saturated heterocycles. The van der Waals surface area contributed by atoms with Crippen molar-refractivity contribution in [3.63, 3.8) is 0 Å². The van der Waals surface area contributed by atoms with Gasteiger partial charge in [-0.25, -0.2) is 9.97 Å². The lowest BCUT2D eigenvalue weighted by Gasteiger charge is -2.32. The Kier molecular flexibility index (Phi) is 4.04. The normalized spacial score (nSPS) is 16.1. The van der Waals surface area contributed by atoms with Gasteiger partial charge >= 0.3 is 0 Å². The second-order valence-electron chi connectivity index (χ2n) is 5.68. The summed E-state index contributed by atoms with van der Waals surface area (Å²) in [4.78, 5) is 11.4. The fourth-order valence-corrected chi connectivity index (χ4v) is 2.90. The van der Waals surface area contributed by atoms with Crippen LogP contribution in [0.2, 0.25) is 0 Å². The highest BCUT2D eigenvalue weighted by atomic mass is 15.2. The Hall–Kier alpha value is -2.10. The molecule has 1 aromatic carbocycles. The predicted octanol–water partition coefficient (Wildman–Crippen LogP) is 3.35. The Morgan fingerprint density at radius 1 is 1.14 bits per heavy atom. The Balaban J connectivity index is 1.85. The van der Waals surface area contributed by atoms with Crippen molar-refractivity contribution in [1.82, 2.24) is 9.97 Å². The first kappa shape index (κ1) is 13.9. The van der Waals surface area contributed by atoms with E-state index < -0.39 is 0 Å². The summed E-state index contributed by atoms with van der Waals surface area (Å²) in [6.45, 7) is 4.39. The molecular formula is C17H22N4. The lowest BCUT2D eigenvalue weighted by Crippen LogP contribution is -2.34. The number of hydrogen-bond acceptors (Lipinski definition) is 4. The van der Waals surface area contributed by atoms with Crippen LogP contribution in [0.1, 0.15) is 26.2 Å². The fraction of sp³-hybridized carbons (Fsp3) is 0.412. The summed E-state index contributed by atoms with van der Waals surface area (Å²) in [5.74, 6) is 3.06. The summed E-state index contributed by atoms with van der Waals surface area (Å²) in [5.41, 5.74) is 6.99. The predicted molar refractivity (Wildman–Crippen MR) is 87.1 cm³/mol. The molecule has 1 aliphatic rings. The molecule has 1 aliphatic heterocycles. The minimum Gasteiger partial charge on any atom is -0.384 e. The SMILES string of the molecule is CCC1CCN(c2cc(N)nc(-c3ccccc3)n2)CC1. The van der Waals surface area contributed by atoms with Crippen molar-refractivity contribution in [3.8, 4) is 11.4 Å². The molecule has 0 atom stereocenters. The Labute approximate surface area is 126 Å². The molecule has 1 aromatic heterocycles. The minimum atomic E-state index is 0.538. The third-order valence-corrected chi connectivity index (χ3v) is 4.28. The quantitative estimate of drug-likeness (QED) is 0.938. The highest BCUT2D eigenvalue weighted by Crippen LogP contribution is 2.26. The first-order valence-electron chi connectivity index (χ1n) is 7.71. The summed E-state index contributed by atoms with van der Waals surface area (Å²) < 4.78 is 0. The topological polar surface area (TPSA) is 55.0 Å². The van der Waals surface area contributed by atoms with Crippen LogP contribution in [-0.4, -0.2) is 23.1 Å². The highest BCUT2D eigenvalue weighted by molar-refractivity contribution is 5.60. The molecule has 21 heavy (non-hydrogen) atoms. The number of hydrogen-bond donors (Lipinski definition) is 1. The van der Waals surface area contributed by atoms with Crippen LogP contribution in [-0.2, 0) is 0 Å². The number of benzene rings is 1. The number of nitrogens with two attached hydrogens (primary N) is 1.